The number of rotatable bonds is 4. The van der Waals surface area contributed by atoms with E-state index in [1.807, 2.05) is 65.6 Å². The molecule has 0 radical (unpaired) electrons. The molecule has 1 aliphatic rings. The highest BCUT2D eigenvalue weighted by molar-refractivity contribution is 5.94. The van der Waals surface area contributed by atoms with Crippen molar-refractivity contribution in [1.29, 1.82) is 0 Å². The molecule has 2 aromatic rings. The molecule has 26 heavy (non-hydrogen) atoms. The van der Waals surface area contributed by atoms with E-state index >= 15 is 0 Å². The van der Waals surface area contributed by atoms with Crippen LogP contribution in [0.4, 0.5) is 0 Å². The maximum absolute atomic E-state index is 12.8. The Morgan fingerprint density at radius 1 is 0.846 bits per heavy atom. The molecule has 1 aliphatic heterocycles. The van der Waals surface area contributed by atoms with Crippen LogP contribution < -0.4 is 0 Å². The average molecular weight is 351 g/mol. The van der Waals surface area contributed by atoms with Gasteiger partial charge in [0.2, 0.25) is 5.91 Å². The van der Waals surface area contributed by atoms with Crippen molar-refractivity contribution in [3.8, 4) is 0 Å². The van der Waals surface area contributed by atoms with E-state index in [-0.39, 0.29) is 17.9 Å². The zero-order valence-corrected chi connectivity index (χ0v) is 15.3. The molecule has 0 aliphatic carbocycles. The zero-order valence-electron chi connectivity index (χ0n) is 15.3. The third kappa shape index (κ3) is 3.94. The second-order valence-corrected chi connectivity index (χ2v) is 6.74. The predicted molar refractivity (Wildman–Crippen MR) is 102 cm³/mol. The second-order valence-electron chi connectivity index (χ2n) is 6.74. The van der Waals surface area contributed by atoms with Gasteiger partial charge < -0.3 is 9.80 Å². The van der Waals surface area contributed by atoms with Crippen LogP contribution in [0.5, 0.6) is 0 Å². The van der Waals surface area contributed by atoms with E-state index in [1.54, 1.807) is 19.0 Å². The van der Waals surface area contributed by atoms with Crippen LogP contribution in [0.3, 0.4) is 0 Å². The topological polar surface area (TPSA) is 43.9 Å². The maximum Gasteiger partial charge on any atom is 0.253 e. The van der Waals surface area contributed by atoms with Crippen LogP contribution in [-0.2, 0) is 4.79 Å². The SMILES string of the molecule is CN(C)C(=O)C(c1ccccc1)N1CCN(C(=O)c2ccccc2)CC1. The van der Waals surface area contributed by atoms with Crippen LogP contribution in [0.15, 0.2) is 60.7 Å². The van der Waals surface area contributed by atoms with Crippen LogP contribution in [0.25, 0.3) is 0 Å². The normalized spacial score (nSPS) is 16.2. The second kappa shape index (κ2) is 8.15. The first kappa shape index (κ1) is 18.1. The summed E-state index contributed by atoms with van der Waals surface area (Å²) in [6, 6.07) is 18.9. The van der Waals surface area contributed by atoms with Crippen LogP contribution in [0.1, 0.15) is 22.0 Å². The number of carbonyl (C=O) groups is 2. The molecule has 5 nitrogen and oxygen atoms in total. The summed E-state index contributed by atoms with van der Waals surface area (Å²) < 4.78 is 0. The summed E-state index contributed by atoms with van der Waals surface area (Å²) in [6.45, 7) is 2.60. The van der Waals surface area contributed by atoms with Crippen LogP contribution >= 0.6 is 0 Å². The number of benzene rings is 2. The largest absolute Gasteiger partial charge is 0.347 e. The molecule has 1 heterocycles. The van der Waals surface area contributed by atoms with Gasteiger partial charge in [0.05, 0.1) is 0 Å². The Kier molecular flexibility index (Phi) is 5.68. The standard InChI is InChI=1S/C21H25N3O2/c1-22(2)21(26)19(17-9-5-3-6-10-17)23-13-15-24(16-14-23)20(25)18-11-7-4-8-12-18/h3-12,19H,13-16H2,1-2H3. The van der Waals surface area contributed by atoms with E-state index in [4.69, 9.17) is 0 Å². The summed E-state index contributed by atoms with van der Waals surface area (Å²) in [4.78, 5) is 31.1. The Balaban J connectivity index is 1.72. The molecular formula is C21H25N3O2. The number of nitrogens with zero attached hydrogens (tertiary/aromatic N) is 3. The van der Waals surface area contributed by atoms with Gasteiger partial charge in [-0.05, 0) is 17.7 Å². The minimum atomic E-state index is -0.305. The monoisotopic (exact) mass is 351 g/mol. The van der Waals surface area contributed by atoms with Crippen molar-refractivity contribution in [1.82, 2.24) is 14.7 Å². The fourth-order valence-electron chi connectivity index (χ4n) is 3.34. The van der Waals surface area contributed by atoms with Gasteiger partial charge in [0, 0.05) is 45.8 Å². The number of carbonyl (C=O) groups excluding carboxylic acids is 2. The van der Waals surface area contributed by atoms with Gasteiger partial charge in [-0.1, -0.05) is 48.5 Å². The highest BCUT2D eigenvalue weighted by Gasteiger charge is 2.32. The number of amides is 2. The zero-order chi connectivity index (χ0) is 18.5. The summed E-state index contributed by atoms with van der Waals surface area (Å²) in [5.74, 6) is 0.125. The molecule has 1 saturated heterocycles. The van der Waals surface area contributed by atoms with Crippen molar-refractivity contribution in [3.05, 3.63) is 71.8 Å². The quantitative estimate of drug-likeness (QED) is 0.849. The van der Waals surface area contributed by atoms with Crippen molar-refractivity contribution in [2.75, 3.05) is 40.3 Å². The van der Waals surface area contributed by atoms with E-state index in [9.17, 15) is 9.59 Å². The van der Waals surface area contributed by atoms with E-state index < -0.39 is 0 Å². The van der Waals surface area contributed by atoms with Crippen molar-refractivity contribution in [2.45, 2.75) is 6.04 Å². The van der Waals surface area contributed by atoms with Crippen LogP contribution in [0.2, 0.25) is 0 Å². The Labute approximate surface area is 154 Å². The maximum atomic E-state index is 12.8. The average Bonchev–Trinajstić information content (AvgIpc) is 2.69. The molecule has 0 saturated carbocycles. The van der Waals surface area contributed by atoms with Gasteiger partial charge in [0.25, 0.3) is 5.91 Å². The summed E-state index contributed by atoms with van der Waals surface area (Å²) in [5, 5.41) is 0. The molecule has 0 N–H and O–H groups in total. The summed E-state index contributed by atoms with van der Waals surface area (Å²) in [7, 11) is 3.57. The van der Waals surface area contributed by atoms with E-state index in [2.05, 4.69) is 4.90 Å². The lowest BCUT2D eigenvalue weighted by molar-refractivity contribution is -0.135. The molecule has 2 amide bonds. The lowest BCUT2D eigenvalue weighted by Crippen LogP contribution is -2.52. The molecule has 1 atom stereocenters. The van der Waals surface area contributed by atoms with Crippen molar-refractivity contribution in [3.63, 3.8) is 0 Å². The van der Waals surface area contributed by atoms with Gasteiger partial charge in [-0.2, -0.15) is 0 Å². The van der Waals surface area contributed by atoms with Crippen molar-refractivity contribution >= 4 is 11.8 Å². The lowest BCUT2D eigenvalue weighted by atomic mass is 10.0. The smallest absolute Gasteiger partial charge is 0.253 e. The van der Waals surface area contributed by atoms with Gasteiger partial charge in [0.15, 0.2) is 0 Å². The Morgan fingerprint density at radius 3 is 1.92 bits per heavy atom. The molecule has 136 valence electrons. The third-order valence-electron chi connectivity index (χ3n) is 4.78. The molecular weight excluding hydrogens is 326 g/mol. The van der Waals surface area contributed by atoms with Gasteiger partial charge >= 0.3 is 0 Å². The number of piperazine rings is 1. The lowest BCUT2D eigenvalue weighted by Gasteiger charge is -2.39. The minimum absolute atomic E-state index is 0.0560. The molecule has 3 rings (SSSR count). The molecule has 0 bridgehead atoms. The Hall–Kier alpha value is -2.66. The number of hydrogen-bond donors (Lipinski definition) is 0. The Bertz CT molecular complexity index is 738. The molecule has 1 fully saturated rings. The summed E-state index contributed by atoms with van der Waals surface area (Å²) in [6.07, 6.45) is 0. The van der Waals surface area contributed by atoms with Crippen molar-refractivity contribution < 1.29 is 9.59 Å². The third-order valence-corrected chi connectivity index (χ3v) is 4.78. The fourth-order valence-corrected chi connectivity index (χ4v) is 3.34. The van der Waals surface area contributed by atoms with Gasteiger partial charge in [-0.15, -0.1) is 0 Å². The molecule has 1 unspecified atom stereocenters. The first-order valence-electron chi connectivity index (χ1n) is 8.92. The highest BCUT2D eigenvalue weighted by atomic mass is 16.2. The molecule has 5 heteroatoms. The summed E-state index contributed by atoms with van der Waals surface area (Å²) >= 11 is 0. The van der Waals surface area contributed by atoms with E-state index in [1.165, 1.54) is 0 Å². The highest BCUT2D eigenvalue weighted by Crippen LogP contribution is 2.24. The van der Waals surface area contributed by atoms with Gasteiger partial charge in [-0.25, -0.2) is 0 Å². The van der Waals surface area contributed by atoms with Crippen LogP contribution in [-0.4, -0.2) is 66.8 Å². The van der Waals surface area contributed by atoms with Crippen molar-refractivity contribution in [2.24, 2.45) is 0 Å². The number of likely N-dealkylation sites (N-methyl/N-ethyl adjacent to an activating group) is 1. The fraction of sp³-hybridized carbons (Fsp3) is 0.333. The Morgan fingerprint density at radius 2 is 1.38 bits per heavy atom. The first-order valence-corrected chi connectivity index (χ1v) is 8.92. The number of hydrogen-bond acceptors (Lipinski definition) is 3. The van der Waals surface area contributed by atoms with E-state index in [0.717, 1.165) is 5.56 Å². The summed E-state index contributed by atoms with van der Waals surface area (Å²) in [5.41, 5.74) is 1.71. The van der Waals surface area contributed by atoms with Gasteiger partial charge in [0.1, 0.15) is 6.04 Å². The first-order chi connectivity index (χ1) is 12.6. The van der Waals surface area contributed by atoms with E-state index in [0.29, 0.717) is 31.7 Å². The molecule has 0 spiro atoms. The van der Waals surface area contributed by atoms with Crippen LogP contribution in [0, 0.1) is 0 Å². The minimum Gasteiger partial charge on any atom is -0.347 e. The van der Waals surface area contributed by atoms with Gasteiger partial charge in [-0.3, -0.25) is 14.5 Å². The predicted octanol–water partition coefficient (Wildman–Crippen LogP) is 2.27. The molecule has 2 aromatic carbocycles. The molecule has 0 aromatic heterocycles.